The molecule has 0 aromatic carbocycles. The van der Waals surface area contributed by atoms with E-state index in [1.165, 1.54) is 6.42 Å². The molecule has 13 heavy (non-hydrogen) atoms. The number of rotatable bonds is 6. The second-order valence-electron chi connectivity index (χ2n) is 4.29. The van der Waals surface area contributed by atoms with Crippen LogP contribution in [0.25, 0.3) is 0 Å². The zero-order chi connectivity index (χ0) is 10.4. The molecule has 0 aliphatic rings. The van der Waals surface area contributed by atoms with Crippen LogP contribution in [0.15, 0.2) is 0 Å². The summed E-state index contributed by atoms with van der Waals surface area (Å²) in [4.78, 5) is 0. The van der Waals surface area contributed by atoms with Crippen LogP contribution in [0.4, 0.5) is 0 Å². The SMILES string of the molecule is CCC(C)C(C)NC(C)C(C)CO. The normalized spacial score (nSPS) is 20.8. The van der Waals surface area contributed by atoms with Crippen molar-refractivity contribution in [2.45, 2.75) is 53.1 Å². The molecule has 0 saturated carbocycles. The molecule has 0 radical (unpaired) electrons. The van der Waals surface area contributed by atoms with Gasteiger partial charge in [0.2, 0.25) is 0 Å². The van der Waals surface area contributed by atoms with Crippen LogP contribution in [-0.2, 0) is 0 Å². The predicted molar refractivity (Wildman–Crippen MR) is 57.8 cm³/mol. The number of aliphatic hydroxyl groups excluding tert-OH is 1. The minimum atomic E-state index is 0.265. The first-order valence-corrected chi connectivity index (χ1v) is 5.39. The second-order valence-corrected chi connectivity index (χ2v) is 4.29. The van der Waals surface area contributed by atoms with Gasteiger partial charge < -0.3 is 10.4 Å². The molecule has 4 unspecified atom stereocenters. The third-order valence-corrected chi connectivity index (χ3v) is 3.16. The van der Waals surface area contributed by atoms with E-state index in [2.05, 4.69) is 39.9 Å². The van der Waals surface area contributed by atoms with Gasteiger partial charge >= 0.3 is 0 Å². The van der Waals surface area contributed by atoms with Crippen molar-refractivity contribution in [3.63, 3.8) is 0 Å². The van der Waals surface area contributed by atoms with Crippen LogP contribution in [0, 0.1) is 11.8 Å². The zero-order valence-electron chi connectivity index (χ0n) is 9.67. The van der Waals surface area contributed by atoms with Gasteiger partial charge in [-0.2, -0.15) is 0 Å². The highest BCUT2D eigenvalue weighted by atomic mass is 16.3. The lowest BCUT2D eigenvalue weighted by molar-refractivity contribution is 0.195. The second kappa shape index (κ2) is 6.39. The van der Waals surface area contributed by atoms with Crippen molar-refractivity contribution in [3.05, 3.63) is 0 Å². The van der Waals surface area contributed by atoms with Gasteiger partial charge in [0.15, 0.2) is 0 Å². The first kappa shape index (κ1) is 12.9. The van der Waals surface area contributed by atoms with Crippen LogP contribution >= 0.6 is 0 Å². The first-order valence-electron chi connectivity index (χ1n) is 5.39. The monoisotopic (exact) mass is 187 g/mol. The van der Waals surface area contributed by atoms with Crippen molar-refractivity contribution in [1.82, 2.24) is 5.32 Å². The van der Waals surface area contributed by atoms with Gasteiger partial charge in [-0.05, 0) is 25.7 Å². The van der Waals surface area contributed by atoms with Crippen LogP contribution in [0.3, 0.4) is 0 Å². The standard InChI is InChI=1S/C11H25NO/c1-6-8(2)10(4)12-11(5)9(3)7-13/h8-13H,6-7H2,1-5H3. The Morgan fingerprint density at radius 2 is 1.46 bits per heavy atom. The largest absolute Gasteiger partial charge is 0.396 e. The molecule has 0 rings (SSSR count). The summed E-state index contributed by atoms with van der Waals surface area (Å²) in [5.41, 5.74) is 0. The summed E-state index contributed by atoms with van der Waals surface area (Å²) in [7, 11) is 0. The van der Waals surface area contributed by atoms with Crippen molar-refractivity contribution in [2.24, 2.45) is 11.8 Å². The van der Waals surface area contributed by atoms with E-state index >= 15 is 0 Å². The number of hydrogen-bond donors (Lipinski definition) is 2. The van der Waals surface area contributed by atoms with E-state index < -0.39 is 0 Å². The van der Waals surface area contributed by atoms with E-state index in [0.29, 0.717) is 23.9 Å². The fourth-order valence-corrected chi connectivity index (χ4v) is 1.25. The highest BCUT2D eigenvalue weighted by molar-refractivity contribution is 4.74. The fraction of sp³-hybridized carbons (Fsp3) is 1.00. The van der Waals surface area contributed by atoms with E-state index in [1.54, 1.807) is 0 Å². The molecule has 0 saturated heterocycles. The number of nitrogens with one attached hydrogen (secondary N) is 1. The maximum absolute atomic E-state index is 8.97. The van der Waals surface area contributed by atoms with Crippen LogP contribution < -0.4 is 5.32 Å². The van der Waals surface area contributed by atoms with E-state index in [1.807, 2.05) is 0 Å². The quantitative estimate of drug-likeness (QED) is 0.667. The van der Waals surface area contributed by atoms with E-state index in [9.17, 15) is 0 Å². The molecule has 2 heteroatoms. The maximum Gasteiger partial charge on any atom is 0.0471 e. The third kappa shape index (κ3) is 4.63. The lowest BCUT2D eigenvalue weighted by Gasteiger charge is -2.27. The lowest BCUT2D eigenvalue weighted by Crippen LogP contribution is -2.42. The summed E-state index contributed by atoms with van der Waals surface area (Å²) >= 11 is 0. The van der Waals surface area contributed by atoms with Gasteiger partial charge in [0.1, 0.15) is 0 Å². The Hall–Kier alpha value is -0.0800. The van der Waals surface area contributed by atoms with Crippen LogP contribution in [0.1, 0.15) is 41.0 Å². The summed E-state index contributed by atoms with van der Waals surface area (Å²) in [6, 6.07) is 0.933. The van der Waals surface area contributed by atoms with Crippen molar-refractivity contribution in [3.8, 4) is 0 Å². The van der Waals surface area contributed by atoms with Crippen molar-refractivity contribution >= 4 is 0 Å². The van der Waals surface area contributed by atoms with E-state index in [0.717, 1.165) is 0 Å². The molecule has 0 aliphatic carbocycles. The predicted octanol–water partition coefficient (Wildman–Crippen LogP) is 2.03. The fourth-order valence-electron chi connectivity index (χ4n) is 1.25. The molecule has 0 fully saturated rings. The molecule has 0 spiro atoms. The smallest absolute Gasteiger partial charge is 0.0471 e. The van der Waals surface area contributed by atoms with Gasteiger partial charge in [0.25, 0.3) is 0 Å². The summed E-state index contributed by atoms with van der Waals surface area (Å²) in [6.45, 7) is 11.2. The lowest BCUT2D eigenvalue weighted by atomic mass is 9.97. The molecule has 2 N–H and O–H groups in total. The Morgan fingerprint density at radius 1 is 1.00 bits per heavy atom. The highest BCUT2D eigenvalue weighted by Crippen LogP contribution is 2.10. The van der Waals surface area contributed by atoms with Crippen LogP contribution in [0.5, 0.6) is 0 Å². The molecule has 0 bridgehead atoms. The molecular weight excluding hydrogens is 162 g/mol. The van der Waals surface area contributed by atoms with Gasteiger partial charge in [0, 0.05) is 18.7 Å². The molecule has 0 aromatic rings. The van der Waals surface area contributed by atoms with Crippen molar-refractivity contribution in [2.75, 3.05) is 6.61 Å². The topological polar surface area (TPSA) is 32.3 Å². The molecule has 4 atom stereocenters. The Bertz CT molecular complexity index is 113. The van der Waals surface area contributed by atoms with Crippen molar-refractivity contribution in [1.29, 1.82) is 0 Å². The van der Waals surface area contributed by atoms with Crippen LogP contribution in [-0.4, -0.2) is 23.8 Å². The first-order chi connectivity index (χ1) is 6.02. The Labute approximate surface area is 82.7 Å². The number of aliphatic hydroxyl groups is 1. The zero-order valence-corrected chi connectivity index (χ0v) is 9.67. The van der Waals surface area contributed by atoms with Gasteiger partial charge in [0.05, 0.1) is 0 Å². The van der Waals surface area contributed by atoms with Gasteiger partial charge in [-0.25, -0.2) is 0 Å². The van der Waals surface area contributed by atoms with Gasteiger partial charge in [-0.1, -0.05) is 27.2 Å². The van der Waals surface area contributed by atoms with Gasteiger partial charge in [-0.3, -0.25) is 0 Å². The summed E-state index contributed by atoms with van der Waals surface area (Å²) in [5, 5.41) is 12.5. The Kier molecular flexibility index (Phi) is 6.35. The minimum absolute atomic E-state index is 0.265. The third-order valence-electron chi connectivity index (χ3n) is 3.16. The summed E-state index contributed by atoms with van der Waals surface area (Å²) in [6.07, 6.45) is 1.20. The molecule has 0 aromatic heterocycles. The summed E-state index contributed by atoms with van der Waals surface area (Å²) < 4.78 is 0. The minimum Gasteiger partial charge on any atom is -0.396 e. The molecule has 2 nitrogen and oxygen atoms in total. The molecule has 0 heterocycles. The Morgan fingerprint density at radius 3 is 1.85 bits per heavy atom. The van der Waals surface area contributed by atoms with E-state index in [4.69, 9.17) is 5.11 Å². The average Bonchev–Trinajstić information content (AvgIpc) is 2.14. The average molecular weight is 187 g/mol. The number of hydrogen-bond acceptors (Lipinski definition) is 2. The summed E-state index contributed by atoms with van der Waals surface area (Å²) in [5.74, 6) is 1.04. The van der Waals surface area contributed by atoms with E-state index in [-0.39, 0.29) is 6.61 Å². The van der Waals surface area contributed by atoms with Gasteiger partial charge in [-0.15, -0.1) is 0 Å². The van der Waals surface area contributed by atoms with Crippen LogP contribution in [0.2, 0.25) is 0 Å². The molecule has 0 aliphatic heterocycles. The molecule has 0 amide bonds. The molecule has 80 valence electrons. The highest BCUT2D eigenvalue weighted by Gasteiger charge is 2.16. The molecular formula is C11H25NO. The van der Waals surface area contributed by atoms with Crippen molar-refractivity contribution < 1.29 is 5.11 Å². The Balaban J connectivity index is 3.83. The maximum atomic E-state index is 8.97.